The number of amides is 3. The zero-order valence-corrected chi connectivity index (χ0v) is 19.1. The molecule has 0 bridgehead atoms. The Morgan fingerprint density at radius 1 is 1.22 bits per heavy atom. The molecule has 1 aromatic carbocycles. The topological polar surface area (TPSA) is 99.2 Å². The van der Waals surface area contributed by atoms with E-state index in [1.165, 1.54) is 11.8 Å². The average molecular weight is 444 g/mol. The van der Waals surface area contributed by atoms with Crippen molar-refractivity contribution < 1.29 is 24.2 Å². The van der Waals surface area contributed by atoms with Crippen LogP contribution in [0.4, 0.5) is 5.69 Å². The summed E-state index contributed by atoms with van der Waals surface area (Å²) >= 11 is 0. The van der Waals surface area contributed by atoms with Crippen LogP contribution in [-0.4, -0.2) is 71.6 Å². The predicted molar refractivity (Wildman–Crippen MR) is 121 cm³/mol. The normalized spacial score (nSPS) is 19.3. The van der Waals surface area contributed by atoms with Gasteiger partial charge in [0, 0.05) is 45.5 Å². The van der Waals surface area contributed by atoms with Crippen LogP contribution in [-0.2, 0) is 19.1 Å². The lowest BCUT2D eigenvalue weighted by Crippen LogP contribution is -2.41. The van der Waals surface area contributed by atoms with Crippen molar-refractivity contribution in [3.8, 4) is 0 Å². The highest BCUT2D eigenvalue weighted by molar-refractivity contribution is 6.35. The van der Waals surface area contributed by atoms with Crippen LogP contribution >= 0.6 is 0 Å². The molecule has 8 heteroatoms. The number of benzene rings is 1. The molecule has 1 unspecified atom stereocenters. The molecule has 8 nitrogen and oxygen atoms in total. The summed E-state index contributed by atoms with van der Waals surface area (Å²) in [5.74, 6) is -0.703. The van der Waals surface area contributed by atoms with Crippen molar-refractivity contribution in [3.63, 3.8) is 0 Å². The van der Waals surface area contributed by atoms with E-state index in [9.17, 15) is 19.5 Å². The minimum atomic E-state index is -0.312. The molecular formula is C24H33N3O5. The van der Waals surface area contributed by atoms with Crippen LogP contribution < -0.4 is 5.32 Å². The van der Waals surface area contributed by atoms with Crippen LogP contribution in [0, 0.1) is 5.92 Å². The molecule has 2 heterocycles. The molecule has 3 amide bonds. The highest BCUT2D eigenvalue weighted by atomic mass is 16.5. The Labute approximate surface area is 189 Å². The molecule has 1 aromatic rings. The van der Waals surface area contributed by atoms with Crippen LogP contribution in [0.15, 0.2) is 30.0 Å². The molecule has 2 aliphatic rings. The number of ether oxygens (including phenoxy) is 1. The zero-order chi connectivity index (χ0) is 23.3. The number of piperidine rings is 1. The summed E-state index contributed by atoms with van der Waals surface area (Å²) in [5, 5.41) is 12.4. The minimum Gasteiger partial charge on any atom is -0.396 e. The number of rotatable bonds is 9. The van der Waals surface area contributed by atoms with E-state index in [1.807, 2.05) is 18.7 Å². The smallest absolute Gasteiger partial charge is 0.277 e. The summed E-state index contributed by atoms with van der Waals surface area (Å²) in [5.41, 5.74) is 2.05. The van der Waals surface area contributed by atoms with Crippen molar-refractivity contribution in [1.82, 2.24) is 9.80 Å². The lowest BCUT2D eigenvalue weighted by Gasteiger charge is -2.34. The highest BCUT2D eigenvalue weighted by Gasteiger charge is 2.42. The molecule has 0 saturated carbocycles. The summed E-state index contributed by atoms with van der Waals surface area (Å²) in [6.45, 7) is 7.36. The van der Waals surface area contributed by atoms with Crippen molar-refractivity contribution in [3.05, 3.63) is 35.5 Å². The third-order valence-electron chi connectivity index (χ3n) is 5.71. The molecule has 3 rings (SSSR count). The molecule has 1 saturated heterocycles. The van der Waals surface area contributed by atoms with E-state index in [4.69, 9.17) is 4.74 Å². The van der Waals surface area contributed by atoms with E-state index >= 15 is 0 Å². The Morgan fingerprint density at radius 2 is 1.94 bits per heavy atom. The Morgan fingerprint density at radius 3 is 2.56 bits per heavy atom. The van der Waals surface area contributed by atoms with Crippen LogP contribution in [0.25, 0.3) is 5.57 Å². The molecule has 0 radical (unpaired) electrons. The average Bonchev–Trinajstić information content (AvgIpc) is 3.01. The van der Waals surface area contributed by atoms with Crippen molar-refractivity contribution in [2.24, 2.45) is 5.92 Å². The Kier molecular flexibility index (Phi) is 8.04. The van der Waals surface area contributed by atoms with Gasteiger partial charge in [-0.3, -0.25) is 19.3 Å². The number of hydrogen-bond acceptors (Lipinski definition) is 6. The number of likely N-dealkylation sites (tertiary alicyclic amines) is 1. The van der Waals surface area contributed by atoms with E-state index in [0.29, 0.717) is 55.2 Å². The second kappa shape index (κ2) is 10.7. The van der Waals surface area contributed by atoms with Crippen molar-refractivity contribution in [2.75, 3.05) is 38.2 Å². The number of nitrogens with one attached hydrogen (secondary N) is 1. The summed E-state index contributed by atoms with van der Waals surface area (Å²) < 4.78 is 5.56. The first-order valence-electron chi connectivity index (χ1n) is 11.3. The first-order valence-corrected chi connectivity index (χ1v) is 11.3. The number of aliphatic hydroxyl groups excluding tert-OH is 1. The summed E-state index contributed by atoms with van der Waals surface area (Å²) in [4.78, 5) is 41.3. The van der Waals surface area contributed by atoms with Gasteiger partial charge in [0.15, 0.2) is 0 Å². The standard InChI is InChI=1S/C24H33N3O5/c1-16(2)32-13-5-12-27-23(30)21(19-7-9-20(10-8-19)25-17(3)29)22(24(27)31)26-11-4-6-18(14-26)15-28/h7-10,16,18,28H,4-6,11-15H2,1-3H3,(H,25,29). The second-order valence-corrected chi connectivity index (χ2v) is 8.65. The summed E-state index contributed by atoms with van der Waals surface area (Å²) in [6, 6.07) is 6.96. The lowest BCUT2D eigenvalue weighted by atomic mass is 9.97. The number of anilines is 1. The Balaban J connectivity index is 1.89. The Bertz CT molecular complexity index is 878. The van der Waals surface area contributed by atoms with Gasteiger partial charge in [-0.2, -0.15) is 0 Å². The van der Waals surface area contributed by atoms with Gasteiger partial charge >= 0.3 is 0 Å². The molecular weight excluding hydrogens is 410 g/mol. The maximum atomic E-state index is 13.4. The maximum absolute atomic E-state index is 13.4. The second-order valence-electron chi connectivity index (χ2n) is 8.65. The number of imide groups is 1. The zero-order valence-electron chi connectivity index (χ0n) is 19.1. The van der Waals surface area contributed by atoms with Crippen molar-refractivity contribution in [1.29, 1.82) is 0 Å². The largest absolute Gasteiger partial charge is 0.396 e. The first-order chi connectivity index (χ1) is 15.3. The predicted octanol–water partition coefficient (Wildman–Crippen LogP) is 2.24. The molecule has 32 heavy (non-hydrogen) atoms. The van der Waals surface area contributed by atoms with Gasteiger partial charge in [0.25, 0.3) is 11.8 Å². The SMILES string of the molecule is CC(=O)Nc1ccc(C2=C(N3CCCC(CO)C3)C(=O)N(CCCOC(C)C)C2=O)cc1. The summed E-state index contributed by atoms with van der Waals surface area (Å²) in [7, 11) is 0. The number of carbonyl (C=O) groups excluding carboxylic acids is 3. The lowest BCUT2D eigenvalue weighted by molar-refractivity contribution is -0.138. The van der Waals surface area contributed by atoms with Gasteiger partial charge in [0.05, 0.1) is 11.7 Å². The van der Waals surface area contributed by atoms with E-state index in [-0.39, 0.29) is 36.4 Å². The maximum Gasteiger partial charge on any atom is 0.277 e. The number of nitrogens with zero attached hydrogens (tertiary/aromatic N) is 2. The van der Waals surface area contributed by atoms with Crippen LogP contribution in [0.2, 0.25) is 0 Å². The molecule has 2 aliphatic heterocycles. The van der Waals surface area contributed by atoms with Crippen LogP contribution in [0.3, 0.4) is 0 Å². The van der Waals surface area contributed by atoms with Gasteiger partial charge < -0.3 is 20.1 Å². The van der Waals surface area contributed by atoms with Crippen molar-refractivity contribution >= 4 is 29.0 Å². The van der Waals surface area contributed by atoms with Crippen LogP contribution in [0.1, 0.15) is 45.6 Å². The van der Waals surface area contributed by atoms with E-state index in [1.54, 1.807) is 24.3 Å². The quantitative estimate of drug-likeness (QED) is 0.449. The molecule has 174 valence electrons. The van der Waals surface area contributed by atoms with Gasteiger partial charge in [-0.1, -0.05) is 12.1 Å². The minimum absolute atomic E-state index is 0.0585. The monoisotopic (exact) mass is 443 g/mol. The van der Waals surface area contributed by atoms with Gasteiger partial charge in [0.1, 0.15) is 5.70 Å². The fraction of sp³-hybridized carbons (Fsp3) is 0.542. The van der Waals surface area contributed by atoms with Gasteiger partial charge in [-0.05, 0) is 56.7 Å². The molecule has 0 aliphatic carbocycles. The molecule has 1 atom stereocenters. The number of hydrogen-bond donors (Lipinski definition) is 2. The molecule has 0 spiro atoms. The molecule has 2 N–H and O–H groups in total. The first kappa shape index (κ1) is 23.9. The van der Waals surface area contributed by atoms with E-state index in [2.05, 4.69) is 5.32 Å². The van der Waals surface area contributed by atoms with E-state index in [0.717, 1.165) is 12.8 Å². The van der Waals surface area contributed by atoms with Gasteiger partial charge in [0.2, 0.25) is 5.91 Å². The third kappa shape index (κ3) is 5.55. The van der Waals surface area contributed by atoms with Gasteiger partial charge in [-0.15, -0.1) is 0 Å². The van der Waals surface area contributed by atoms with Crippen molar-refractivity contribution in [2.45, 2.75) is 46.1 Å². The fourth-order valence-corrected chi connectivity index (χ4v) is 4.20. The number of carbonyl (C=O) groups is 3. The van der Waals surface area contributed by atoms with E-state index < -0.39 is 0 Å². The number of aliphatic hydroxyl groups is 1. The van der Waals surface area contributed by atoms with Crippen LogP contribution in [0.5, 0.6) is 0 Å². The fourth-order valence-electron chi connectivity index (χ4n) is 4.20. The molecule has 0 aromatic heterocycles. The highest BCUT2D eigenvalue weighted by Crippen LogP contribution is 2.34. The third-order valence-corrected chi connectivity index (χ3v) is 5.71. The van der Waals surface area contributed by atoms with Gasteiger partial charge in [-0.25, -0.2) is 0 Å². The Hall–Kier alpha value is -2.71. The summed E-state index contributed by atoms with van der Waals surface area (Å²) in [6.07, 6.45) is 2.42. The molecule has 1 fully saturated rings.